The van der Waals surface area contributed by atoms with Crippen LogP contribution in [0.1, 0.15) is 24.5 Å². The lowest BCUT2D eigenvalue weighted by Crippen LogP contribution is -2.35. The van der Waals surface area contributed by atoms with Gasteiger partial charge in [0, 0.05) is 11.0 Å². The summed E-state index contributed by atoms with van der Waals surface area (Å²) < 4.78 is 19.3. The van der Waals surface area contributed by atoms with Gasteiger partial charge in [-0.25, -0.2) is 4.39 Å². The van der Waals surface area contributed by atoms with Gasteiger partial charge in [-0.05, 0) is 47.7 Å². The Kier molecular flexibility index (Phi) is 2.09. The van der Waals surface area contributed by atoms with Crippen molar-refractivity contribution < 1.29 is 9.13 Å². The largest absolute Gasteiger partial charge is 0.493 e. The zero-order valence-corrected chi connectivity index (χ0v) is 10.9. The molecular formula is C17H15FO. The normalized spacial score (nSPS) is 23.3. The molecule has 0 N–H and O–H groups in total. The van der Waals surface area contributed by atoms with Gasteiger partial charge in [0.15, 0.2) is 0 Å². The van der Waals surface area contributed by atoms with Crippen molar-refractivity contribution in [2.45, 2.75) is 25.2 Å². The second kappa shape index (κ2) is 3.60. The Morgan fingerprint density at radius 1 is 1.16 bits per heavy atom. The molecule has 1 unspecified atom stereocenters. The van der Waals surface area contributed by atoms with Crippen LogP contribution in [0.2, 0.25) is 0 Å². The average Bonchev–Trinajstić information content (AvgIpc) is 2.38. The number of rotatable bonds is 0. The van der Waals surface area contributed by atoms with Gasteiger partial charge in [-0.3, -0.25) is 0 Å². The van der Waals surface area contributed by atoms with Crippen molar-refractivity contribution in [2.75, 3.05) is 6.61 Å². The Labute approximate surface area is 112 Å². The van der Waals surface area contributed by atoms with E-state index in [1.165, 1.54) is 11.1 Å². The van der Waals surface area contributed by atoms with Gasteiger partial charge in [0.1, 0.15) is 11.6 Å². The summed E-state index contributed by atoms with van der Waals surface area (Å²) in [4.78, 5) is 0. The van der Waals surface area contributed by atoms with E-state index in [0.29, 0.717) is 0 Å². The van der Waals surface area contributed by atoms with Crippen LogP contribution in [0.25, 0.3) is 11.1 Å². The van der Waals surface area contributed by atoms with Crippen LogP contribution in [-0.2, 0) is 11.8 Å². The van der Waals surface area contributed by atoms with E-state index in [0.717, 1.165) is 36.3 Å². The second-order valence-corrected chi connectivity index (χ2v) is 5.82. The zero-order valence-electron chi connectivity index (χ0n) is 10.9. The van der Waals surface area contributed by atoms with E-state index in [1.807, 2.05) is 18.2 Å². The molecule has 0 amide bonds. The second-order valence-electron chi connectivity index (χ2n) is 5.82. The molecule has 2 heteroatoms. The molecule has 1 nitrogen and oxygen atoms in total. The topological polar surface area (TPSA) is 9.23 Å². The Morgan fingerprint density at radius 3 is 2.95 bits per heavy atom. The standard InChI is InChI=1S/C17H15FO/c1-17-7-8-19-15-4-2-3-14(16(15)17)13-6-5-12(18)9-11(13)10-17/h2-6,9H,7-8,10H2,1H3. The molecule has 0 spiro atoms. The zero-order chi connectivity index (χ0) is 13.0. The number of ether oxygens (including phenoxy) is 1. The van der Waals surface area contributed by atoms with Crippen molar-refractivity contribution >= 4 is 0 Å². The summed E-state index contributed by atoms with van der Waals surface area (Å²) in [5.41, 5.74) is 4.86. The molecular weight excluding hydrogens is 239 g/mol. The average molecular weight is 254 g/mol. The predicted octanol–water partition coefficient (Wildman–Crippen LogP) is 4.09. The minimum atomic E-state index is -0.144. The molecule has 2 aromatic carbocycles. The van der Waals surface area contributed by atoms with Crippen molar-refractivity contribution in [1.29, 1.82) is 0 Å². The molecule has 2 aromatic rings. The smallest absolute Gasteiger partial charge is 0.123 e. The third-order valence-corrected chi connectivity index (χ3v) is 4.48. The minimum Gasteiger partial charge on any atom is -0.493 e. The molecule has 1 heterocycles. The quantitative estimate of drug-likeness (QED) is 0.688. The van der Waals surface area contributed by atoms with Gasteiger partial charge in [-0.15, -0.1) is 0 Å². The van der Waals surface area contributed by atoms with E-state index >= 15 is 0 Å². The van der Waals surface area contributed by atoms with E-state index in [-0.39, 0.29) is 11.2 Å². The first kappa shape index (κ1) is 11.0. The highest BCUT2D eigenvalue weighted by molar-refractivity contribution is 5.77. The lowest BCUT2D eigenvalue weighted by atomic mass is 9.66. The highest BCUT2D eigenvalue weighted by atomic mass is 19.1. The predicted molar refractivity (Wildman–Crippen MR) is 73.0 cm³/mol. The fourth-order valence-corrected chi connectivity index (χ4v) is 3.58. The molecule has 0 radical (unpaired) electrons. The van der Waals surface area contributed by atoms with Crippen LogP contribution < -0.4 is 4.74 Å². The van der Waals surface area contributed by atoms with Crippen molar-refractivity contribution in [3.63, 3.8) is 0 Å². The van der Waals surface area contributed by atoms with Gasteiger partial charge in [-0.2, -0.15) is 0 Å². The molecule has 1 aliphatic heterocycles. The third kappa shape index (κ3) is 1.46. The van der Waals surface area contributed by atoms with Crippen LogP contribution >= 0.6 is 0 Å². The summed E-state index contributed by atoms with van der Waals surface area (Å²) >= 11 is 0. The number of halogens is 1. The van der Waals surface area contributed by atoms with Crippen molar-refractivity contribution in [3.05, 3.63) is 53.3 Å². The Hall–Kier alpha value is -1.83. The summed E-state index contributed by atoms with van der Waals surface area (Å²) in [6, 6.07) is 11.3. The fourth-order valence-electron chi connectivity index (χ4n) is 3.58. The number of hydrogen-bond acceptors (Lipinski definition) is 1. The summed E-state index contributed by atoms with van der Waals surface area (Å²) in [7, 11) is 0. The van der Waals surface area contributed by atoms with Crippen LogP contribution in [-0.4, -0.2) is 6.61 Å². The SMILES string of the molecule is CC12CCOc3cccc(c31)-c1ccc(F)cc1C2. The first-order chi connectivity index (χ1) is 9.17. The Bertz CT molecular complexity index is 677. The van der Waals surface area contributed by atoms with E-state index in [1.54, 1.807) is 12.1 Å². The molecule has 19 heavy (non-hydrogen) atoms. The Morgan fingerprint density at radius 2 is 2.05 bits per heavy atom. The summed E-state index contributed by atoms with van der Waals surface area (Å²) in [6.45, 7) is 3.02. The van der Waals surface area contributed by atoms with Crippen LogP contribution in [0.5, 0.6) is 5.75 Å². The Balaban J connectivity index is 2.06. The summed E-state index contributed by atoms with van der Waals surface area (Å²) in [6.07, 6.45) is 1.89. The lowest BCUT2D eigenvalue weighted by Gasteiger charge is -2.41. The molecule has 0 bridgehead atoms. The fraction of sp³-hybridized carbons (Fsp3) is 0.294. The highest BCUT2D eigenvalue weighted by Gasteiger charge is 2.39. The van der Waals surface area contributed by atoms with Gasteiger partial charge in [-0.1, -0.05) is 25.1 Å². The van der Waals surface area contributed by atoms with Gasteiger partial charge >= 0.3 is 0 Å². The molecule has 1 atom stereocenters. The number of fused-ring (bicyclic) bond motifs is 2. The first-order valence-electron chi connectivity index (χ1n) is 6.72. The van der Waals surface area contributed by atoms with Crippen LogP contribution in [0, 0.1) is 5.82 Å². The van der Waals surface area contributed by atoms with Gasteiger partial charge in [0.05, 0.1) is 6.61 Å². The highest BCUT2D eigenvalue weighted by Crippen LogP contribution is 2.50. The monoisotopic (exact) mass is 254 g/mol. The maximum Gasteiger partial charge on any atom is 0.123 e. The number of hydrogen-bond donors (Lipinski definition) is 0. The van der Waals surface area contributed by atoms with E-state index < -0.39 is 0 Å². The first-order valence-corrected chi connectivity index (χ1v) is 6.72. The molecule has 4 rings (SSSR count). The molecule has 0 saturated carbocycles. The van der Waals surface area contributed by atoms with E-state index in [9.17, 15) is 4.39 Å². The molecule has 0 fully saturated rings. The molecule has 96 valence electrons. The van der Waals surface area contributed by atoms with Gasteiger partial charge in [0.2, 0.25) is 0 Å². The lowest BCUT2D eigenvalue weighted by molar-refractivity contribution is 0.222. The van der Waals surface area contributed by atoms with Crippen LogP contribution in [0.3, 0.4) is 0 Å². The van der Waals surface area contributed by atoms with Gasteiger partial charge in [0.25, 0.3) is 0 Å². The van der Waals surface area contributed by atoms with E-state index in [2.05, 4.69) is 13.0 Å². The van der Waals surface area contributed by atoms with E-state index in [4.69, 9.17) is 4.74 Å². The maximum atomic E-state index is 13.5. The molecule has 0 saturated heterocycles. The minimum absolute atomic E-state index is 0.0744. The van der Waals surface area contributed by atoms with Gasteiger partial charge < -0.3 is 4.74 Å². The molecule has 0 aromatic heterocycles. The van der Waals surface area contributed by atoms with Crippen LogP contribution in [0.15, 0.2) is 36.4 Å². The molecule has 1 aliphatic carbocycles. The summed E-state index contributed by atoms with van der Waals surface area (Å²) in [5.74, 6) is 0.857. The van der Waals surface area contributed by atoms with Crippen molar-refractivity contribution in [2.24, 2.45) is 0 Å². The van der Waals surface area contributed by atoms with Crippen molar-refractivity contribution in [3.8, 4) is 16.9 Å². The van der Waals surface area contributed by atoms with Crippen LogP contribution in [0.4, 0.5) is 4.39 Å². The van der Waals surface area contributed by atoms with Crippen molar-refractivity contribution in [1.82, 2.24) is 0 Å². The summed E-state index contributed by atoms with van der Waals surface area (Å²) in [5, 5.41) is 0. The maximum absolute atomic E-state index is 13.5. The number of benzene rings is 2. The third-order valence-electron chi connectivity index (χ3n) is 4.48. The molecule has 2 aliphatic rings.